The molecule has 2 N–H and O–H groups in total. The minimum atomic E-state index is -0.0168. The van der Waals surface area contributed by atoms with Gasteiger partial charge in [0, 0.05) is 18.7 Å². The smallest absolute Gasteiger partial charge is 0.0613 e. The van der Waals surface area contributed by atoms with Gasteiger partial charge in [-0.2, -0.15) is 0 Å². The summed E-state index contributed by atoms with van der Waals surface area (Å²) in [5, 5.41) is 13.5. The SMILES string of the molecule is COC1CCC(CO)(NC2CCCCC2)CC1. The Labute approximate surface area is 105 Å². The van der Waals surface area contributed by atoms with Crippen molar-refractivity contribution in [3.8, 4) is 0 Å². The number of rotatable bonds is 4. The third-order valence-electron chi connectivity index (χ3n) is 4.64. The Morgan fingerprint density at radius 1 is 1.12 bits per heavy atom. The van der Waals surface area contributed by atoms with Crippen LogP contribution < -0.4 is 5.32 Å². The first-order chi connectivity index (χ1) is 8.28. The van der Waals surface area contributed by atoms with Crippen molar-refractivity contribution >= 4 is 0 Å². The van der Waals surface area contributed by atoms with Gasteiger partial charge in [0.25, 0.3) is 0 Å². The second-order valence-electron chi connectivity index (χ2n) is 5.85. The summed E-state index contributed by atoms with van der Waals surface area (Å²) in [6.07, 6.45) is 11.3. The summed E-state index contributed by atoms with van der Waals surface area (Å²) in [6.45, 7) is 0.278. The lowest BCUT2D eigenvalue weighted by Gasteiger charge is -2.42. The fourth-order valence-corrected chi connectivity index (χ4v) is 3.41. The van der Waals surface area contributed by atoms with Crippen LogP contribution in [0, 0.1) is 0 Å². The molecule has 0 aliphatic heterocycles. The van der Waals surface area contributed by atoms with Gasteiger partial charge in [-0.3, -0.25) is 0 Å². The predicted molar refractivity (Wildman–Crippen MR) is 69.1 cm³/mol. The first kappa shape index (κ1) is 13.3. The zero-order chi connectivity index (χ0) is 12.1. The van der Waals surface area contributed by atoms with Crippen molar-refractivity contribution in [2.75, 3.05) is 13.7 Å². The highest BCUT2D eigenvalue weighted by Crippen LogP contribution is 2.31. The molecule has 2 fully saturated rings. The van der Waals surface area contributed by atoms with Gasteiger partial charge in [0.05, 0.1) is 12.7 Å². The second kappa shape index (κ2) is 6.17. The molecule has 0 unspecified atom stereocenters. The van der Waals surface area contributed by atoms with Gasteiger partial charge >= 0.3 is 0 Å². The minimum Gasteiger partial charge on any atom is -0.394 e. The number of aliphatic hydroxyl groups excluding tert-OH is 1. The van der Waals surface area contributed by atoms with Crippen LogP contribution in [0.4, 0.5) is 0 Å². The van der Waals surface area contributed by atoms with Gasteiger partial charge in [-0.15, -0.1) is 0 Å². The number of ether oxygens (including phenoxy) is 1. The Hall–Kier alpha value is -0.120. The molecule has 2 aliphatic rings. The molecule has 0 spiro atoms. The molecule has 0 saturated heterocycles. The lowest BCUT2D eigenvalue weighted by Crippen LogP contribution is -2.55. The van der Waals surface area contributed by atoms with E-state index in [9.17, 15) is 5.11 Å². The highest BCUT2D eigenvalue weighted by molar-refractivity contribution is 4.95. The van der Waals surface area contributed by atoms with Crippen LogP contribution >= 0.6 is 0 Å². The maximum Gasteiger partial charge on any atom is 0.0613 e. The molecule has 0 aromatic heterocycles. The van der Waals surface area contributed by atoms with Crippen LogP contribution in [0.5, 0.6) is 0 Å². The maximum atomic E-state index is 9.73. The van der Waals surface area contributed by atoms with E-state index in [0.29, 0.717) is 12.1 Å². The van der Waals surface area contributed by atoms with Gasteiger partial charge in [0.15, 0.2) is 0 Å². The van der Waals surface area contributed by atoms with Crippen LogP contribution in [-0.2, 0) is 4.74 Å². The summed E-state index contributed by atoms with van der Waals surface area (Å²) in [5.41, 5.74) is -0.0168. The molecule has 2 aliphatic carbocycles. The molecule has 3 heteroatoms. The fourth-order valence-electron chi connectivity index (χ4n) is 3.41. The molecule has 0 amide bonds. The molecular formula is C14H27NO2. The molecule has 100 valence electrons. The topological polar surface area (TPSA) is 41.5 Å². The zero-order valence-electron chi connectivity index (χ0n) is 11.1. The van der Waals surface area contributed by atoms with Gasteiger partial charge in [0.2, 0.25) is 0 Å². The predicted octanol–water partition coefficient (Wildman–Crippen LogP) is 2.23. The number of hydrogen-bond donors (Lipinski definition) is 2. The molecule has 0 atom stereocenters. The van der Waals surface area contributed by atoms with Crippen LogP contribution in [0.25, 0.3) is 0 Å². The molecule has 0 heterocycles. The normalized spacial score (nSPS) is 36.0. The van der Waals surface area contributed by atoms with Crippen molar-refractivity contribution in [3.63, 3.8) is 0 Å². The Morgan fingerprint density at radius 2 is 1.76 bits per heavy atom. The number of aliphatic hydroxyl groups is 1. The summed E-state index contributed by atoms with van der Waals surface area (Å²) in [7, 11) is 1.80. The fraction of sp³-hybridized carbons (Fsp3) is 1.00. The van der Waals surface area contributed by atoms with Gasteiger partial charge in [0.1, 0.15) is 0 Å². The quantitative estimate of drug-likeness (QED) is 0.793. The highest BCUT2D eigenvalue weighted by Gasteiger charge is 2.36. The van der Waals surface area contributed by atoms with Crippen molar-refractivity contribution in [2.45, 2.75) is 75.5 Å². The van der Waals surface area contributed by atoms with Gasteiger partial charge in [-0.05, 0) is 38.5 Å². The Bertz CT molecular complexity index is 218. The van der Waals surface area contributed by atoms with Gasteiger partial charge in [-0.1, -0.05) is 19.3 Å². The van der Waals surface area contributed by atoms with Crippen molar-refractivity contribution in [1.29, 1.82) is 0 Å². The molecule has 0 aromatic carbocycles. The standard InChI is InChI=1S/C14H27NO2/c1-17-13-7-9-14(11-16,10-8-13)15-12-5-3-2-4-6-12/h12-13,15-16H,2-11H2,1H3. The molecule has 2 rings (SSSR count). The van der Waals surface area contributed by atoms with Crippen LogP contribution in [0.3, 0.4) is 0 Å². The second-order valence-corrected chi connectivity index (χ2v) is 5.85. The monoisotopic (exact) mass is 241 g/mol. The van der Waals surface area contributed by atoms with E-state index in [4.69, 9.17) is 4.74 Å². The van der Waals surface area contributed by atoms with Crippen LogP contribution in [0.1, 0.15) is 57.8 Å². The third-order valence-corrected chi connectivity index (χ3v) is 4.64. The van der Waals surface area contributed by atoms with E-state index in [1.54, 1.807) is 7.11 Å². The third kappa shape index (κ3) is 3.43. The summed E-state index contributed by atoms with van der Waals surface area (Å²) < 4.78 is 5.41. The van der Waals surface area contributed by atoms with E-state index >= 15 is 0 Å². The molecule has 17 heavy (non-hydrogen) atoms. The molecule has 0 bridgehead atoms. The van der Waals surface area contributed by atoms with Crippen molar-refractivity contribution in [1.82, 2.24) is 5.32 Å². The Balaban J connectivity index is 1.86. The first-order valence-electron chi connectivity index (χ1n) is 7.19. The average Bonchev–Trinajstić information content (AvgIpc) is 2.41. The van der Waals surface area contributed by atoms with E-state index in [0.717, 1.165) is 25.7 Å². The maximum absolute atomic E-state index is 9.73. The zero-order valence-corrected chi connectivity index (χ0v) is 11.1. The van der Waals surface area contributed by atoms with Crippen molar-refractivity contribution in [3.05, 3.63) is 0 Å². The van der Waals surface area contributed by atoms with Crippen LogP contribution in [-0.4, -0.2) is 36.5 Å². The molecule has 0 radical (unpaired) electrons. The molecule has 0 aromatic rings. The number of methoxy groups -OCH3 is 1. The summed E-state index contributed by atoms with van der Waals surface area (Å²) in [6, 6.07) is 0.634. The molecule has 2 saturated carbocycles. The Kier molecular flexibility index (Phi) is 4.83. The van der Waals surface area contributed by atoms with E-state index in [-0.39, 0.29) is 12.1 Å². The van der Waals surface area contributed by atoms with E-state index in [2.05, 4.69) is 5.32 Å². The lowest BCUT2D eigenvalue weighted by molar-refractivity contribution is 0.0171. The summed E-state index contributed by atoms with van der Waals surface area (Å²) in [5.74, 6) is 0. The van der Waals surface area contributed by atoms with Gasteiger partial charge < -0.3 is 15.2 Å². The highest BCUT2D eigenvalue weighted by atomic mass is 16.5. The van der Waals surface area contributed by atoms with Crippen LogP contribution in [0.15, 0.2) is 0 Å². The Morgan fingerprint density at radius 3 is 2.29 bits per heavy atom. The summed E-state index contributed by atoms with van der Waals surface area (Å²) >= 11 is 0. The van der Waals surface area contributed by atoms with Crippen molar-refractivity contribution < 1.29 is 9.84 Å². The number of nitrogens with one attached hydrogen (secondary N) is 1. The number of hydrogen-bond acceptors (Lipinski definition) is 3. The lowest BCUT2D eigenvalue weighted by atomic mass is 9.79. The van der Waals surface area contributed by atoms with E-state index in [1.807, 2.05) is 0 Å². The summed E-state index contributed by atoms with van der Waals surface area (Å²) in [4.78, 5) is 0. The first-order valence-corrected chi connectivity index (χ1v) is 7.19. The van der Waals surface area contributed by atoms with Gasteiger partial charge in [-0.25, -0.2) is 0 Å². The largest absolute Gasteiger partial charge is 0.394 e. The minimum absolute atomic E-state index is 0.0168. The van der Waals surface area contributed by atoms with E-state index in [1.165, 1.54) is 32.1 Å². The van der Waals surface area contributed by atoms with E-state index < -0.39 is 0 Å². The molecular weight excluding hydrogens is 214 g/mol. The molecule has 3 nitrogen and oxygen atoms in total. The average molecular weight is 241 g/mol. The van der Waals surface area contributed by atoms with Crippen LogP contribution in [0.2, 0.25) is 0 Å². The van der Waals surface area contributed by atoms with Crippen molar-refractivity contribution in [2.24, 2.45) is 0 Å².